The topological polar surface area (TPSA) is 81.9 Å². The van der Waals surface area contributed by atoms with Crippen LogP contribution in [0.4, 0.5) is 11.8 Å². The van der Waals surface area contributed by atoms with Crippen molar-refractivity contribution in [2.75, 3.05) is 43.1 Å². The van der Waals surface area contributed by atoms with Crippen LogP contribution in [0, 0.1) is 6.92 Å². The summed E-state index contributed by atoms with van der Waals surface area (Å²) < 4.78 is 5.46. The minimum atomic E-state index is 0.717. The Balaban J connectivity index is 1.39. The number of para-hydroxylation sites is 1. The van der Waals surface area contributed by atoms with Crippen molar-refractivity contribution in [3.05, 3.63) is 47.8 Å². The number of nitrogens with zero attached hydrogens (tertiary/aromatic N) is 3. The Kier molecular flexibility index (Phi) is 4.37. The molecule has 0 amide bonds. The number of anilines is 2. The van der Waals surface area contributed by atoms with Crippen LogP contribution >= 0.6 is 0 Å². The monoisotopic (exact) mass is 376 g/mol. The normalized spacial score (nSPS) is 14.8. The molecule has 1 aliphatic rings. The first-order chi connectivity index (χ1) is 13.8. The van der Waals surface area contributed by atoms with Gasteiger partial charge in [-0.15, -0.1) is 0 Å². The van der Waals surface area contributed by atoms with E-state index in [1.54, 1.807) is 0 Å². The summed E-state index contributed by atoms with van der Waals surface area (Å²) in [4.78, 5) is 18.5. The van der Waals surface area contributed by atoms with Gasteiger partial charge in [0.2, 0.25) is 5.95 Å². The maximum atomic E-state index is 5.46. The second-order valence-electron chi connectivity index (χ2n) is 7.22. The third-order valence-electron chi connectivity index (χ3n) is 5.27. The predicted octanol–water partition coefficient (Wildman–Crippen LogP) is 3.24. The predicted molar refractivity (Wildman–Crippen MR) is 112 cm³/mol. The summed E-state index contributed by atoms with van der Waals surface area (Å²) in [6, 6.07) is 10.5. The number of aromatic amines is 2. The van der Waals surface area contributed by atoms with E-state index in [2.05, 4.69) is 56.7 Å². The quantitative estimate of drug-likeness (QED) is 0.498. The molecule has 144 valence electrons. The van der Waals surface area contributed by atoms with Gasteiger partial charge in [-0.05, 0) is 31.0 Å². The Bertz CT molecular complexity index is 1110. The minimum absolute atomic E-state index is 0.717. The Morgan fingerprint density at radius 1 is 1.14 bits per heavy atom. The van der Waals surface area contributed by atoms with E-state index in [1.165, 1.54) is 16.5 Å². The molecule has 3 aromatic heterocycles. The number of morpholine rings is 1. The lowest BCUT2D eigenvalue weighted by atomic mass is 10.1. The Hall–Kier alpha value is -3.06. The second kappa shape index (κ2) is 7.16. The molecule has 0 atom stereocenters. The largest absolute Gasteiger partial charge is 0.378 e. The smallest absolute Gasteiger partial charge is 0.229 e. The number of H-pyrrole nitrogens is 2. The fourth-order valence-electron chi connectivity index (χ4n) is 3.82. The number of aryl methyl sites for hydroxylation is 1. The summed E-state index contributed by atoms with van der Waals surface area (Å²) in [6.45, 7) is 5.93. The average molecular weight is 376 g/mol. The molecule has 7 heteroatoms. The molecule has 0 saturated carbocycles. The number of hydrogen-bond donors (Lipinski definition) is 3. The molecular weight excluding hydrogens is 352 g/mol. The molecule has 0 spiro atoms. The molecule has 1 aromatic carbocycles. The molecule has 28 heavy (non-hydrogen) atoms. The molecule has 3 N–H and O–H groups in total. The number of benzene rings is 1. The van der Waals surface area contributed by atoms with E-state index >= 15 is 0 Å². The van der Waals surface area contributed by atoms with E-state index in [0.29, 0.717) is 13.2 Å². The minimum Gasteiger partial charge on any atom is -0.378 e. The summed E-state index contributed by atoms with van der Waals surface area (Å²) in [5.74, 6) is 1.64. The Labute approximate surface area is 163 Å². The summed E-state index contributed by atoms with van der Waals surface area (Å²) in [6.07, 6.45) is 3.02. The van der Waals surface area contributed by atoms with Gasteiger partial charge < -0.3 is 24.9 Å². The van der Waals surface area contributed by atoms with E-state index in [-0.39, 0.29) is 0 Å². The van der Waals surface area contributed by atoms with Gasteiger partial charge in [0.1, 0.15) is 11.5 Å². The molecule has 0 aliphatic carbocycles. The zero-order chi connectivity index (χ0) is 18.9. The molecule has 1 aliphatic heterocycles. The van der Waals surface area contributed by atoms with Crippen molar-refractivity contribution in [2.24, 2.45) is 0 Å². The molecular formula is C21H24N6O. The molecule has 1 saturated heterocycles. The van der Waals surface area contributed by atoms with Gasteiger partial charge in [-0.2, -0.15) is 9.97 Å². The molecule has 4 aromatic rings. The van der Waals surface area contributed by atoms with Crippen LogP contribution in [-0.2, 0) is 11.2 Å². The maximum absolute atomic E-state index is 5.46. The van der Waals surface area contributed by atoms with E-state index < -0.39 is 0 Å². The van der Waals surface area contributed by atoms with Gasteiger partial charge in [0.05, 0.1) is 18.6 Å². The van der Waals surface area contributed by atoms with Crippen molar-refractivity contribution >= 4 is 33.7 Å². The van der Waals surface area contributed by atoms with Gasteiger partial charge in [-0.25, -0.2) is 0 Å². The van der Waals surface area contributed by atoms with Gasteiger partial charge in [0.15, 0.2) is 0 Å². The number of rotatable bonds is 5. The maximum Gasteiger partial charge on any atom is 0.229 e. The van der Waals surface area contributed by atoms with Crippen LogP contribution in [0.2, 0.25) is 0 Å². The summed E-state index contributed by atoms with van der Waals surface area (Å²) in [7, 11) is 0. The third-order valence-corrected chi connectivity index (χ3v) is 5.27. The average Bonchev–Trinajstić information content (AvgIpc) is 3.31. The van der Waals surface area contributed by atoms with Gasteiger partial charge in [-0.1, -0.05) is 18.2 Å². The van der Waals surface area contributed by atoms with Crippen LogP contribution in [0.3, 0.4) is 0 Å². The lowest BCUT2D eigenvalue weighted by Gasteiger charge is -2.27. The van der Waals surface area contributed by atoms with Crippen LogP contribution in [0.25, 0.3) is 21.9 Å². The first-order valence-corrected chi connectivity index (χ1v) is 9.77. The fourth-order valence-corrected chi connectivity index (χ4v) is 3.82. The van der Waals surface area contributed by atoms with E-state index in [1.807, 2.05) is 6.92 Å². The number of nitrogens with one attached hydrogen (secondary N) is 3. The number of ether oxygens (including phenoxy) is 1. The number of aromatic nitrogens is 4. The highest BCUT2D eigenvalue weighted by Gasteiger charge is 2.17. The van der Waals surface area contributed by atoms with Crippen molar-refractivity contribution < 1.29 is 4.74 Å². The van der Waals surface area contributed by atoms with E-state index in [9.17, 15) is 0 Å². The molecule has 0 unspecified atom stereocenters. The second-order valence-corrected chi connectivity index (χ2v) is 7.22. The van der Waals surface area contributed by atoms with Crippen LogP contribution in [0.5, 0.6) is 0 Å². The first kappa shape index (κ1) is 17.1. The molecule has 1 fully saturated rings. The van der Waals surface area contributed by atoms with Crippen LogP contribution in [-0.4, -0.2) is 52.8 Å². The van der Waals surface area contributed by atoms with E-state index in [0.717, 1.165) is 54.5 Å². The highest BCUT2D eigenvalue weighted by molar-refractivity contribution is 5.89. The van der Waals surface area contributed by atoms with Crippen molar-refractivity contribution in [1.82, 2.24) is 19.9 Å². The van der Waals surface area contributed by atoms with Gasteiger partial charge in [0.25, 0.3) is 0 Å². The van der Waals surface area contributed by atoms with E-state index in [4.69, 9.17) is 14.7 Å². The lowest BCUT2D eigenvalue weighted by Crippen LogP contribution is -2.37. The first-order valence-electron chi connectivity index (χ1n) is 9.77. The molecule has 5 rings (SSSR count). The molecule has 0 radical (unpaired) electrons. The van der Waals surface area contributed by atoms with Crippen molar-refractivity contribution in [1.29, 1.82) is 0 Å². The van der Waals surface area contributed by atoms with Gasteiger partial charge in [0, 0.05) is 42.4 Å². The summed E-state index contributed by atoms with van der Waals surface area (Å²) in [5, 5.41) is 5.86. The molecule has 7 nitrogen and oxygen atoms in total. The number of fused-ring (bicyclic) bond motifs is 2. The number of hydrogen-bond acceptors (Lipinski definition) is 5. The fraction of sp³-hybridized carbons (Fsp3) is 0.333. The van der Waals surface area contributed by atoms with Crippen LogP contribution in [0.1, 0.15) is 11.3 Å². The molecule has 4 heterocycles. The van der Waals surface area contributed by atoms with Gasteiger partial charge in [-0.3, -0.25) is 0 Å². The Morgan fingerprint density at radius 3 is 2.89 bits per heavy atom. The Morgan fingerprint density at radius 2 is 2.00 bits per heavy atom. The van der Waals surface area contributed by atoms with Crippen molar-refractivity contribution in [3.63, 3.8) is 0 Å². The van der Waals surface area contributed by atoms with Crippen LogP contribution < -0.4 is 10.2 Å². The SMILES string of the molecule is Cc1cc2c(NCCc3c[nH]c4ccccc34)nc(N3CCOCC3)nc2[nH]1. The highest BCUT2D eigenvalue weighted by Crippen LogP contribution is 2.25. The van der Waals surface area contributed by atoms with Crippen molar-refractivity contribution in [3.8, 4) is 0 Å². The van der Waals surface area contributed by atoms with Gasteiger partial charge >= 0.3 is 0 Å². The molecule has 0 bridgehead atoms. The standard InChI is InChI=1S/C21H24N6O/c1-14-12-17-19(22-7-6-15-13-23-18-5-3-2-4-16(15)18)25-21(26-20(17)24-14)27-8-10-28-11-9-27/h2-5,12-13,23H,6-11H2,1H3,(H2,22,24,25,26). The third kappa shape index (κ3) is 3.18. The zero-order valence-corrected chi connectivity index (χ0v) is 16.0. The summed E-state index contributed by atoms with van der Waals surface area (Å²) in [5.41, 5.74) is 4.46. The lowest BCUT2D eigenvalue weighted by molar-refractivity contribution is 0.122. The van der Waals surface area contributed by atoms with Crippen molar-refractivity contribution in [2.45, 2.75) is 13.3 Å². The summed E-state index contributed by atoms with van der Waals surface area (Å²) >= 11 is 0. The van der Waals surface area contributed by atoms with Crippen LogP contribution in [0.15, 0.2) is 36.5 Å². The zero-order valence-electron chi connectivity index (χ0n) is 16.0. The highest BCUT2D eigenvalue weighted by atomic mass is 16.5.